The SMILES string of the molecule is COc1cccc(CN2CCNCC2C(=O)N(C)C)n1. The summed E-state index contributed by atoms with van der Waals surface area (Å²) in [5.74, 6) is 0.730. The van der Waals surface area contributed by atoms with Crippen LogP contribution in [0.25, 0.3) is 0 Å². The summed E-state index contributed by atoms with van der Waals surface area (Å²) < 4.78 is 5.14. The Morgan fingerprint density at radius 1 is 1.55 bits per heavy atom. The number of hydrogen-bond donors (Lipinski definition) is 1. The molecular weight excluding hydrogens is 256 g/mol. The summed E-state index contributed by atoms with van der Waals surface area (Å²) in [7, 11) is 5.19. The number of pyridine rings is 1. The second kappa shape index (κ2) is 6.67. The molecule has 1 amide bonds. The summed E-state index contributed by atoms with van der Waals surface area (Å²) in [5, 5.41) is 3.27. The number of piperazine rings is 1. The highest BCUT2D eigenvalue weighted by Gasteiger charge is 2.29. The largest absolute Gasteiger partial charge is 0.481 e. The van der Waals surface area contributed by atoms with E-state index in [1.54, 1.807) is 26.1 Å². The predicted molar refractivity (Wildman–Crippen MR) is 76.6 cm³/mol. The van der Waals surface area contributed by atoms with E-state index >= 15 is 0 Å². The van der Waals surface area contributed by atoms with Crippen molar-refractivity contribution in [3.05, 3.63) is 23.9 Å². The van der Waals surface area contributed by atoms with Crippen LogP contribution < -0.4 is 10.1 Å². The minimum atomic E-state index is -0.133. The number of rotatable bonds is 4. The molecule has 6 heteroatoms. The minimum absolute atomic E-state index is 0.125. The minimum Gasteiger partial charge on any atom is -0.481 e. The molecule has 0 radical (unpaired) electrons. The molecule has 0 aromatic carbocycles. The Bertz CT molecular complexity index is 464. The zero-order valence-corrected chi connectivity index (χ0v) is 12.3. The molecule has 1 saturated heterocycles. The molecule has 1 unspecified atom stereocenters. The third kappa shape index (κ3) is 3.46. The molecule has 1 fully saturated rings. The zero-order valence-electron chi connectivity index (χ0n) is 12.3. The Kier molecular flexibility index (Phi) is 4.92. The average molecular weight is 278 g/mol. The third-order valence-corrected chi connectivity index (χ3v) is 3.44. The zero-order chi connectivity index (χ0) is 14.5. The summed E-state index contributed by atoms with van der Waals surface area (Å²) in [4.78, 5) is 20.4. The first kappa shape index (κ1) is 14.7. The molecule has 0 bridgehead atoms. The quantitative estimate of drug-likeness (QED) is 0.837. The number of carbonyl (C=O) groups is 1. The van der Waals surface area contributed by atoms with Gasteiger partial charge in [-0.2, -0.15) is 0 Å². The number of likely N-dealkylation sites (N-methyl/N-ethyl adjacent to an activating group) is 1. The van der Waals surface area contributed by atoms with Gasteiger partial charge >= 0.3 is 0 Å². The molecule has 1 aliphatic rings. The lowest BCUT2D eigenvalue weighted by Gasteiger charge is -2.36. The van der Waals surface area contributed by atoms with Gasteiger partial charge in [0.2, 0.25) is 11.8 Å². The van der Waals surface area contributed by atoms with Gasteiger partial charge in [0.1, 0.15) is 6.04 Å². The standard InChI is InChI=1S/C14H22N4O2/c1-17(2)14(19)12-9-15-7-8-18(12)10-11-5-4-6-13(16-11)20-3/h4-6,12,15H,7-10H2,1-3H3. The van der Waals surface area contributed by atoms with E-state index in [9.17, 15) is 4.79 Å². The first-order chi connectivity index (χ1) is 9.61. The van der Waals surface area contributed by atoms with Crippen molar-refractivity contribution in [1.82, 2.24) is 20.1 Å². The van der Waals surface area contributed by atoms with Gasteiger partial charge in [0.25, 0.3) is 0 Å². The molecule has 2 heterocycles. The van der Waals surface area contributed by atoms with E-state index in [1.807, 2.05) is 18.2 Å². The lowest BCUT2D eigenvalue weighted by Crippen LogP contribution is -2.57. The molecular formula is C14H22N4O2. The Morgan fingerprint density at radius 3 is 3.05 bits per heavy atom. The van der Waals surface area contributed by atoms with Gasteiger partial charge in [-0.3, -0.25) is 9.69 Å². The highest BCUT2D eigenvalue weighted by atomic mass is 16.5. The van der Waals surface area contributed by atoms with Crippen LogP contribution in [-0.4, -0.2) is 67.6 Å². The van der Waals surface area contributed by atoms with Crippen molar-refractivity contribution in [2.75, 3.05) is 40.8 Å². The van der Waals surface area contributed by atoms with Gasteiger partial charge in [-0.25, -0.2) is 4.98 Å². The van der Waals surface area contributed by atoms with E-state index in [1.165, 1.54) is 0 Å². The summed E-state index contributed by atoms with van der Waals surface area (Å²) >= 11 is 0. The summed E-state index contributed by atoms with van der Waals surface area (Å²) in [5.41, 5.74) is 0.919. The van der Waals surface area contributed by atoms with Gasteiger partial charge in [-0.05, 0) is 6.07 Å². The number of nitrogens with one attached hydrogen (secondary N) is 1. The van der Waals surface area contributed by atoms with Gasteiger partial charge in [0.15, 0.2) is 0 Å². The van der Waals surface area contributed by atoms with Crippen LogP contribution in [0.3, 0.4) is 0 Å². The highest BCUT2D eigenvalue weighted by Crippen LogP contribution is 2.13. The Labute approximate surface area is 119 Å². The molecule has 20 heavy (non-hydrogen) atoms. The predicted octanol–water partition coefficient (Wildman–Crippen LogP) is -0.0478. The molecule has 110 valence electrons. The maximum Gasteiger partial charge on any atom is 0.240 e. The number of ether oxygens (including phenoxy) is 1. The lowest BCUT2D eigenvalue weighted by molar-refractivity contribution is -0.135. The van der Waals surface area contributed by atoms with Gasteiger partial charge < -0.3 is 15.0 Å². The molecule has 1 aliphatic heterocycles. The first-order valence-electron chi connectivity index (χ1n) is 6.77. The second-order valence-electron chi connectivity index (χ2n) is 5.09. The second-order valence-corrected chi connectivity index (χ2v) is 5.09. The van der Waals surface area contributed by atoms with Crippen molar-refractivity contribution in [2.24, 2.45) is 0 Å². The monoisotopic (exact) mass is 278 g/mol. The number of hydrogen-bond acceptors (Lipinski definition) is 5. The van der Waals surface area contributed by atoms with Crippen molar-refractivity contribution in [3.63, 3.8) is 0 Å². The van der Waals surface area contributed by atoms with Gasteiger partial charge in [0.05, 0.1) is 12.8 Å². The topological polar surface area (TPSA) is 57.7 Å². The fourth-order valence-electron chi connectivity index (χ4n) is 2.34. The van der Waals surface area contributed by atoms with E-state index in [-0.39, 0.29) is 11.9 Å². The molecule has 1 N–H and O–H groups in total. The van der Waals surface area contributed by atoms with Crippen molar-refractivity contribution in [2.45, 2.75) is 12.6 Å². The highest BCUT2D eigenvalue weighted by molar-refractivity contribution is 5.81. The molecule has 6 nitrogen and oxygen atoms in total. The summed E-state index contributed by atoms with van der Waals surface area (Å²) in [6, 6.07) is 5.57. The fraction of sp³-hybridized carbons (Fsp3) is 0.571. The van der Waals surface area contributed by atoms with Crippen molar-refractivity contribution < 1.29 is 9.53 Å². The van der Waals surface area contributed by atoms with Crippen molar-refractivity contribution in [1.29, 1.82) is 0 Å². The first-order valence-corrected chi connectivity index (χ1v) is 6.77. The van der Waals surface area contributed by atoms with Crippen LogP contribution in [0.4, 0.5) is 0 Å². The Hall–Kier alpha value is -1.66. The van der Waals surface area contributed by atoms with E-state index in [4.69, 9.17) is 4.74 Å². The number of carbonyl (C=O) groups excluding carboxylic acids is 1. The molecule has 0 saturated carbocycles. The van der Waals surface area contributed by atoms with E-state index in [0.29, 0.717) is 19.0 Å². The van der Waals surface area contributed by atoms with Crippen LogP contribution in [0.5, 0.6) is 5.88 Å². The van der Waals surface area contributed by atoms with E-state index in [0.717, 1.165) is 18.8 Å². The van der Waals surface area contributed by atoms with Gasteiger partial charge in [0, 0.05) is 46.3 Å². The maximum absolute atomic E-state index is 12.2. The number of methoxy groups -OCH3 is 1. The lowest BCUT2D eigenvalue weighted by atomic mass is 10.1. The molecule has 1 aromatic rings. The van der Waals surface area contributed by atoms with Crippen LogP contribution in [0.2, 0.25) is 0 Å². The molecule has 0 spiro atoms. The number of amides is 1. The smallest absolute Gasteiger partial charge is 0.240 e. The van der Waals surface area contributed by atoms with Gasteiger partial charge in [-0.15, -0.1) is 0 Å². The van der Waals surface area contributed by atoms with Crippen molar-refractivity contribution >= 4 is 5.91 Å². The number of nitrogens with zero attached hydrogens (tertiary/aromatic N) is 3. The van der Waals surface area contributed by atoms with Gasteiger partial charge in [-0.1, -0.05) is 6.07 Å². The van der Waals surface area contributed by atoms with Crippen LogP contribution in [0, 0.1) is 0 Å². The Morgan fingerprint density at radius 2 is 2.35 bits per heavy atom. The fourth-order valence-corrected chi connectivity index (χ4v) is 2.34. The Balaban J connectivity index is 2.10. The van der Waals surface area contributed by atoms with Crippen LogP contribution in [-0.2, 0) is 11.3 Å². The number of aromatic nitrogens is 1. The molecule has 1 atom stereocenters. The normalized spacial score (nSPS) is 19.6. The van der Waals surface area contributed by atoms with E-state index < -0.39 is 0 Å². The van der Waals surface area contributed by atoms with Crippen LogP contribution >= 0.6 is 0 Å². The molecule has 0 aliphatic carbocycles. The molecule has 1 aromatic heterocycles. The van der Waals surface area contributed by atoms with Crippen LogP contribution in [0.1, 0.15) is 5.69 Å². The van der Waals surface area contributed by atoms with E-state index in [2.05, 4.69) is 15.2 Å². The van der Waals surface area contributed by atoms with Crippen LogP contribution in [0.15, 0.2) is 18.2 Å². The molecule has 2 rings (SSSR count). The summed E-state index contributed by atoms with van der Waals surface area (Å²) in [6.45, 7) is 3.06. The average Bonchev–Trinajstić information content (AvgIpc) is 2.47. The maximum atomic E-state index is 12.2. The summed E-state index contributed by atoms with van der Waals surface area (Å²) in [6.07, 6.45) is 0. The third-order valence-electron chi connectivity index (χ3n) is 3.44. The van der Waals surface area contributed by atoms with Crippen molar-refractivity contribution in [3.8, 4) is 5.88 Å².